The van der Waals surface area contributed by atoms with Gasteiger partial charge in [0.25, 0.3) is 5.69 Å². The van der Waals surface area contributed by atoms with E-state index < -0.39 is 28.9 Å². The van der Waals surface area contributed by atoms with E-state index in [1.807, 2.05) is 13.8 Å². The van der Waals surface area contributed by atoms with Crippen molar-refractivity contribution in [1.29, 1.82) is 0 Å². The second-order valence-corrected chi connectivity index (χ2v) is 5.03. The van der Waals surface area contributed by atoms with Crippen molar-refractivity contribution in [3.8, 4) is 0 Å². The van der Waals surface area contributed by atoms with Crippen LogP contribution in [0.1, 0.15) is 38.4 Å². The van der Waals surface area contributed by atoms with Crippen LogP contribution >= 0.6 is 0 Å². The fourth-order valence-electron chi connectivity index (χ4n) is 2.61. The lowest BCUT2D eigenvalue weighted by atomic mass is 10.0. The van der Waals surface area contributed by atoms with Crippen molar-refractivity contribution in [2.24, 2.45) is 0 Å². The third kappa shape index (κ3) is 2.82. The van der Waals surface area contributed by atoms with Gasteiger partial charge in [-0.2, -0.15) is 0 Å². The zero-order valence-electron chi connectivity index (χ0n) is 12.8. The van der Waals surface area contributed by atoms with Gasteiger partial charge in [-0.1, -0.05) is 26.0 Å². The summed E-state index contributed by atoms with van der Waals surface area (Å²) >= 11 is 0. The molecule has 0 amide bonds. The Labute approximate surface area is 128 Å². The predicted octanol–water partition coefficient (Wildman–Crippen LogP) is 2.74. The van der Waals surface area contributed by atoms with E-state index in [4.69, 9.17) is 14.2 Å². The molecule has 0 saturated carbocycles. The normalized spacial score (nSPS) is 23.2. The van der Waals surface area contributed by atoms with E-state index in [2.05, 4.69) is 0 Å². The summed E-state index contributed by atoms with van der Waals surface area (Å²) < 4.78 is 16.5. The number of para-hydroxylation sites is 1. The number of esters is 1. The van der Waals surface area contributed by atoms with Crippen LogP contribution in [0.4, 0.5) is 5.69 Å². The van der Waals surface area contributed by atoms with Crippen LogP contribution in [0.25, 0.3) is 0 Å². The molecule has 1 aromatic carbocycles. The van der Waals surface area contributed by atoms with Crippen LogP contribution in [0.15, 0.2) is 24.3 Å². The molecular formula is C15H19NO6. The fraction of sp³-hybridized carbons (Fsp3) is 0.533. The molecule has 2 rings (SSSR count). The Balaban J connectivity index is 2.47. The minimum Gasteiger partial charge on any atom is -0.467 e. The molecule has 1 aliphatic rings. The first-order chi connectivity index (χ1) is 10.5. The van der Waals surface area contributed by atoms with Gasteiger partial charge in [0.1, 0.15) is 6.10 Å². The second-order valence-electron chi connectivity index (χ2n) is 5.03. The number of ether oxygens (including phenoxy) is 3. The maximum atomic E-state index is 12.0. The van der Waals surface area contributed by atoms with Gasteiger partial charge in [0.05, 0.1) is 17.6 Å². The van der Waals surface area contributed by atoms with E-state index in [-0.39, 0.29) is 5.69 Å². The Morgan fingerprint density at radius 1 is 1.32 bits per heavy atom. The zero-order chi connectivity index (χ0) is 16.3. The van der Waals surface area contributed by atoms with Crippen molar-refractivity contribution >= 4 is 11.7 Å². The topological polar surface area (TPSA) is 87.9 Å². The molecule has 0 aliphatic carbocycles. The smallest absolute Gasteiger partial charge is 0.338 e. The molecule has 2 atom stereocenters. The first-order valence-corrected chi connectivity index (χ1v) is 7.14. The van der Waals surface area contributed by atoms with Crippen LogP contribution in [-0.2, 0) is 19.0 Å². The Kier molecular flexibility index (Phi) is 4.77. The molecule has 1 saturated heterocycles. The van der Waals surface area contributed by atoms with Crippen LogP contribution < -0.4 is 0 Å². The molecule has 22 heavy (non-hydrogen) atoms. The summed E-state index contributed by atoms with van der Waals surface area (Å²) in [6.45, 7) is 3.75. The number of nitrogens with zero attached hydrogens (tertiary/aromatic N) is 1. The molecule has 0 bridgehead atoms. The molecule has 7 nitrogen and oxygen atoms in total. The molecule has 0 radical (unpaired) electrons. The number of hydrogen-bond acceptors (Lipinski definition) is 6. The fourth-order valence-corrected chi connectivity index (χ4v) is 2.61. The van der Waals surface area contributed by atoms with Gasteiger partial charge >= 0.3 is 5.97 Å². The standard InChI is InChI=1S/C15H19NO6/c1-4-15(5-2)21-12(13(22-15)14(17)20-3)10-8-6-7-9-11(10)16(18)19/h6-9,12-13H,4-5H2,1-3H3/t12-,13-/m1/s1. The maximum absolute atomic E-state index is 12.0. The molecule has 1 aliphatic heterocycles. The largest absolute Gasteiger partial charge is 0.467 e. The summed E-state index contributed by atoms with van der Waals surface area (Å²) in [5, 5.41) is 11.2. The summed E-state index contributed by atoms with van der Waals surface area (Å²) in [7, 11) is 1.25. The van der Waals surface area contributed by atoms with Crippen LogP contribution in [-0.4, -0.2) is 29.9 Å². The average molecular weight is 309 g/mol. The molecule has 120 valence electrons. The van der Waals surface area contributed by atoms with Gasteiger partial charge in [-0.25, -0.2) is 4.79 Å². The van der Waals surface area contributed by atoms with Crippen molar-refractivity contribution < 1.29 is 23.9 Å². The summed E-state index contributed by atoms with van der Waals surface area (Å²) in [6.07, 6.45) is -0.845. The minimum atomic E-state index is -1.02. The molecule has 0 unspecified atom stereocenters. The van der Waals surface area contributed by atoms with Gasteiger partial charge in [0, 0.05) is 6.07 Å². The summed E-state index contributed by atoms with van der Waals surface area (Å²) in [4.78, 5) is 22.7. The summed E-state index contributed by atoms with van der Waals surface area (Å²) in [5.74, 6) is -1.54. The van der Waals surface area contributed by atoms with Crippen molar-refractivity contribution in [3.05, 3.63) is 39.9 Å². The number of nitro groups is 1. The van der Waals surface area contributed by atoms with Gasteiger partial charge in [-0.15, -0.1) is 0 Å². The van der Waals surface area contributed by atoms with Gasteiger partial charge < -0.3 is 14.2 Å². The van der Waals surface area contributed by atoms with E-state index in [1.54, 1.807) is 18.2 Å². The van der Waals surface area contributed by atoms with Gasteiger partial charge in [-0.05, 0) is 18.9 Å². The number of hydrogen-bond donors (Lipinski definition) is 0. The predicted molar refractivity (Wildman–Crippen MR) is 77.1 cm³/mol. The van der Waals surface area contributed by atoms with Crippen molar-refractivity contribution in [3.63, 3.8) is 0 Å². The number of carbonyl (C=O) groups excluding carboxylic acids is 1. The molecule has 7 heteroatoms. The van der Waals surface area contributed by atoms with Gasteiger partial charge in [-0.3, -0.25) is 10.1 Å². The quantitative estimate of drug-likeness (QED) is 0.472. The lowest BCUT2D eigenvalue weighted by molar-refractivity contribution is -0.386. The summed E-state index contributed by atoms with van der Waals surface area (Å²) in [5.41, 5.74) is 0.208. The second kappa shape index (κ2) is 6.41. The number of benzene rings is 1. The first-order valence-electron chi connectivity index (χ1n) is 7.14. The average Bonchev–Trinajstić information content (AvgIpc) is 2.94. The van der Waals surface area contributed by atoms with E-state index in [0.29, 0.717) is 18.4 Å². The highest BCUT2D eigenvalue weighted by Crippen LogP contribution is 2.44. The summed E-state index contributed by atoms with van der Waals surface area (Å²) in [6, 6.07) is 6.18. The van der Waals surface area contributed by atoms with E-state index in [9.17, 15) is 14.9 Å². The molecule has 1 fully saturated rings. The maximum Gasteiger partial charge on any atom is 0.338 e. The Hall–Kier alpha value is -1.99. The first kappa shape index (κ1) is 16.4. The van der Waals surface area contributed by atoms with Crippen LogP contribution in [0, 0.1) is 10.1 Å². The molecule has 0 aromatic heterocycles. The van der Waals surface area contributed by atoms with Crippen molar-refractivity contribution in [2.45, 2.75) is 44.7 Å². The van der Waals surface area contributed by atoms with Gasteiger partial charge in [0.2, 0.25) is 0 Å². The number of carbonyl (C=O) groups is 1. The molecular weight excluding hydrogens is 290 g/mol. The number of rotatable bonds is 5. The van der Waals surface area contributed by atoms with E-state index >= 15 is 0 Å². The third-order valence-corrected chi connectivity index (χ3v) is 3.91. The third-order valence-electron chi connectivity index (χ3n) is 3.91. The molecule has 1 heterocycles. The van der Waals surface area contributed by atoms with E-state index in [1.165, 1.54) is 13.2 Å². The highest BCUT2D eigenvalue weighted by atomic mass is 16.8. The SMILES string of the molecule is CCC1(CC)O[C@H](c2ccccc2[N+](=O)[O-])[C@H](C(=O)OC)O1. The lowest BCUT2D eigenvalue weighted by Gasteiger charge is -2.24. The highest BCUT2D eigenvalue weighted by Gasteiger charge is 2.51. The molecule has 0 spiro atoms. The minimum absolute atomic E-state index is 0.104. The Morgan fingerprint density at radius 3 is 2.50 bits per heavy atom. The van der Waals surface area contributed by atoms with Crippen LogP contribution in [0.3, 0.4) is 0 Å². The Morgan fingerprint density at radius 2 is 1.95 bits per heavy atom. The van der Waals surface area contributed by atoms with Crippen LogP contribution in [0.5, 0.6) is 0 Å². The molecule has 0 N–H and O–H groups in total. The van der Waals surface area contributed by atoms with Gasteiger partial charge in [0.15, 0.2) is 11.9 Å². The number of methoxy groups -OCH3 is 1. The lowest BCUT2D eigenvalue weighted by Crippen LogP contribution is -2.32. The van der Waals surface area contributed by atoms with Crippen LogP contribution in [0.2, 0.25) is 0 Å². The van der Waals surface area contributed by atoms with Crippen molar-refractivity contribution in [2.75, 3.05) is 7.11 Å². The van der Waals surface area contributed by atoms with Crippen molar-refractivity contribution in [1.82, 2.24) is 0 Å². The Bertz CT molecular complexity index is 569. The number of nitro benzene ring substituents is 1. The highest BCUT2D eigenvalue weighted by molar-refractivity contribution is 5.76. The zero-order valence-corrected chi connectivity index (χ0v) is 12.8. The van der Waals surface area contributed by atoms with E-state index in [0.717, 1.165) is 0 Å². The monoisotopic (exact) mass is 309 g/mol. The molecule has 1 aromatic rings.